The van der Waals surface area contributed by atoms with Crippen LogP contribution in [0.3, 0.4) is 0 Å². The average molecular weight is 238 g/mol. The van der Waals surface area contributed by atoms with Gasteiger partial charge >= 0.3 is 0 Å². The van der Waals surface area contributed by atoms with Crippen molar-refractivity contribution in [3.63, 3.8) is 0 Å². The summed E-state index contributed by atoms with van der Waals surface area (Å²) in [6.45, 7) is 7.17. The lowest BCUT2D eigenvalue weighted by Gasteiger charge is -2.31. The molecule has 0 atom stereocenters. The molecule has 0 aliphatic heterocycles. The minimum atomic E-state index is 0.803. The van der Waals surface area contributed by atoms with Crippen molar-refractivity contribution in [2.24, 2.45) is 11.8 Å². The Labute approximate surface area is 107 Å². The van der Waals surface area contributed by atoms with Crippen molar-refractivity contribution < 1.29 is 0 Å². The van der Waals surface area contributed by atoms with Crippen molar-refractivity contribution in [1.29, 1.82) is 0 Å². The van der Waals surface area contributed by atoms with Crippen molar-refractivity contribution in [2.75, 3.05) is 20.1 Å². The van der Waals surface area contributed by atoms with E-state index >= 15 is 0 Å². The monoisotopic (exact) mass is 238 g/mol. The minimum Gasteiger partial charge on any atom is -0.313 e. The Balaban J connectivity index is 1.55. The number of likely N-dealkylation sites (N-methyl/N-ethyl adjacent to an activating group) is 1. The van der Waals surface area contributed by atoms with Crippen LogP contribution in [0.2, 0.25) is 0 Å². The van der Waals surface area contributed by atoms with Crippen molar-refractivity contribution in [1.82, 2.24) is 10.2 Å². The Kier molecular flexibility index (Phi) is 4.87. The maximum Gasteiger partial charge on any atom is 0.0107 e. The van der Waals surface area contributed by atoms with Crippen LogP contribution >= 0.6 is 0 Å². The number of nitrogens with zero attached hydrogens (tertiary/aromatic N) is 1. The van der Waals surface area contributed by atoms with Crippen LogP contribution in [0.5, 0.6) is 0 Å². The Hall–Kier alpha value is -0.0800. The highest BCUT2D eigenvalue weighted by molar-refractivity contribution is 4.83. The van der Waals surface area contributed by atoms with Crippen molar-refractivity contribution in [3.8, 4) is 0 Å². The molecule has 0 unspecified atom stereocenters. The predicted octanol–water partition coefficient (Wildman–Crippen LogP) is 2.89. The molecule has 0 spiro atoms. The molecule has 1 N–H and O–H groups in total. The van der Waals surface area contributed by atoms with Crippen LogP contribution in [0.25, 0.3) is 0 Å². The molecule has 2 aliphatic rings. The SMILES string of the molecule is CC(C)C1CCC(NCCN(C)C2CC2)CC1. The molecule has 0 bridgehead atoms. The summed E-state index contributed by atoms with van der Waals surface area (Å²) in [5.41, 5.74) is 0. The highest BCUT2D eigenvalue weighted by atomic mass is 15.2. The Morgan fingerprint density at radius 2 is 1.71 bits per heavy atom. The molecule has 0 saturated heterocycles. The zero-order valence-electron chi connectivity index (χ0n) is 11.9. The number of rotatable bonds is 6. The van der Waals surface area contributed by atoms with Gasteiger partial charge in [-0.1, -0.05) is 13.8 Å². The molecule has 0 radical (unpaired) electrons. The molecular weight excluding hydrogens is 208 g/mol. The largest absolute Gasteiger partial charge is 0.313 e. The van der Waals surface area contributed by atoms with Gasteiger partial charge in [-0.05, 0) is 57.4 Å². The first-order valence-corrected chi connectivity index (χ1v) is 7.60. The summed E-state index contributed by atoms with van der Waals surface area (Å²) in [6, 6.07) is 1.71. The molecule has 2 nitrogen and oxygen atoms in total. The quantitative estimate of drug-likeness (QED) is 0.765. The highest BCUT2D eigenvalue weighted by Crippen LogP contribution is 2.29. The molecule has 2 rings (SSSR count). The average Bonchev–Trinajstić information content (AvgIpc) is 3.13. The van der Waals surface area contributed by atoms with Crippen LogP contribution in [0.4, 0.5) is 0 Å². The van der Waals surface area contributed by atoms with E-state index in [-0.39, 0.29) is 0 Å². The molecule has 2 saturated carbocycles. The molecule has 0 aromatic heterocycles. The van der Waals surface area contributed by atoms with Crippen LogP contribution in [0.1, 0.15) is 52.4 Å². The van der Waals surface area contributed by atoms with Gasteiger partial charge in [0.1, 0.15) is 0 Å². The van der Waals surface area contributed by atoms with E-state index in [1.165, 1.54) is 51.6 Å². The van der Waals surface area contributed by atoms with Gasteiger partial charge in [0.15, 0.2) is 0 Å². The minimum absolute atomic E-state index is 0.803. The lowest BCUT2D eigenvalue weighted by atomic mass is 9.80. The van der Waals surface area contributed by atoms with Gasteiger partial charge in [0, 0.05) is 25.2 Å². The van der Waals surface area contributed by atoms with E-state index in [2.05, 4.69) is 31.1 Å². The molecule has 2 aliphatic carbocycles. The lowest BCUT2D eigenvalue weighted by Crippen LogP contribution is -2.39. The van der Waals surface area contributed by atoms with Crippen LogP contribution < -0.4 is 5.32 Å². The molecule has 0 heterocycles. The van der Waals surface area contributed by atoms with Crippen molar-refractivity contribution in [3.05, 3.63) is 0 Å². The fourth-order valence-corrected chi connectivity index (χ4v) is 3.13. The lowest BCUT2D eigenvalue weighted by molar-refractivity contribution is 0.231. The topological polar surface area (TPSA) is 15.3 Å². The molecule has 100 valence electrons. The van der Waals surface area contributed by atoms with E-state index in [0.29, 0.717) is 0 Å². The van der Waals surface area contributed by atoms with Crippen LogP contribution in [-0.2, 0) is 0 Å². The van der Waals surface area contributed by atoms with E-state index in [0.717, 1.165) is 23.9 Å². The third-order valence-electron chi connectivity index (χ3n) is 4.78. The van der Waals surface area contributed by atoms with E-state index in [9.17, 15) is 0 Å². The van der Waals surface area contributed by atoms with E-state index < -0.39 is 0 Å². The van der Waals surface area contributed by atoms with Gasteiger partial charge in [-0.25, -0.2) is 0 Å². The summed E-state index contributed by atoms with van der Waals surface area (Å²) < 4.78 is 0. The first kappa shape index (κ1) is 13.4. The van der Waals surface area contributed by atoms with Crippen LogP contribution in [-0.4, -0.2) is 37.1 Å². The van der Waals surface area contributed by atoms with Crippen LogP contribution in [0.15, 0.2) is 0 Å². The zero-order valence-corrected chi connectivity index (χ0v) is 11.9. The molecule has 0 aromatic carbocycles. The molecule has 17 heavy (non-hydrogen) atoms. The second-order valence-electron chi connectivity index (χ2n) is 6.52. The second-order valence-corrected chi connectivity index (χ2v) is 6.52. The maximum absolute atomic E-state index is 3.75. The number of nitrogens with one attached hydrogen (secondary N) is 1. The van der Waals surface area contributed by atoms with Gasteiger partial charge in [-0.3, -0.25) is 0 Å². The smallest absolute Gasteiger partial charge is 0.0107 e. The van der Waals surface area contributed by atoms with Gasteiger partial charge < -0.3 is 10.2 Å². The van der Waals surface area contributed by atoms with Gasteiger partial charge in [0.2, 0.25) is 0 Å². The van der Waals surface area contributed by atoms with Crippen LogP contribution in [0, 0.1) is 11.8 Å². The zero-order chi connectivity index (χ0) is 12.3. The predicted molar refractivity (Wildman–Crippen MR) is 74.2 cm³/mol. The Morgan fingerprint density at radius 1 is 1.06 bits per heavy atom. The first-order chi connectivity index (χ1) is 8.16. The standard InChI is InChI=1S/C15H30N2/c1-12(2)13-4-6-14(7-5-13)16-10-11-17(3)15-8-9-15/h12-16H,4-11H2,1-3H3. The molecular formula is C15H30N2. The fraction of sp³-hybridized carbons (Fsp3) is 1.00. The fourth-order valence-electron chi connectivity index (χ4n) is 3.13. The Morgan fingerprint density at radius 3 is 2.24 bits per heavy atom. The number of hydrogen-bond donors (Lipinski definition) is 1. The molecule has 0 aromatic rings. The van der Waals surface area contributed by atoms with Gasteiger partial charge in [-0.2, -0.15) is 0 Å². The van der Waals surface area contributed by atoms with E-state index in [4.69, 9.17) is 0 Å². The van der Waals surface area contributed by atoms with Gasteiger partial charge in [0.25, 0.3) is 0 Å². The summed E-state index contributed by atoms with van der Waals surface area (Å²) in [5.74, 6) is 1.87. The van der Waals surface area contributed by atoms with Gasteiger partial charge in [-0.15, -0.1) is 0 Å². The summed E-state index contributed by atoms with van der Waals surface area (Å²) in [7, 11) is 2.27. The second kappa shape index (κ2) is 6.19. The third-order valence-corrected chi connectivity index (χ3v) is 4.78. The first-order valence-electron chi connectivity index (χ1n) is 7.60. The molecule has 2 fully saturated rings. The number of hydrogen-bond acceptors (Lipinski definition) is 2. The van der Waals surface area contributed by atoms with E-state index in [1.54, 1.807) is 0 Å². The molecule has 0 amide bonds. The van der Waals surface area contributed by atoms with E-state index in [1.807, 2.05) is 0 Å². The Bertz CT molecular complexity index is 215. The summed E-state index contributed by atoms with van der Waals surface area (Å²) >= 11 is 0. The third kappa shape index (κ3) is 4.26. The highest BCUT2D eigenvalue weighted by Gasteiger charge is 2.26. The van der Waals surface area contributed by atoms with Crippen molar-refractivity contribution in [2.45, 2.75) is 64.5 Å². The van der Waals surface area contributed by atoms with Crippen molar-refractivity contribution >= 4 is 0 Å². The van der Waals surface area contributed by atoms with Gasteiger partial charge in [0.05, 0.1) is 0 Å². The molecule has 2 heteroatoms. The normalized spacial score (nSPS) is 30.2. The summed E-state index contributed by atoms with van der Waals surface area (Å²) in [5, 5.41) is 3.75. The maximum atomic E-state index is 3.75. The summed E-state index contributed by atoms with van der Waals surface area (Å²) in [6.07, 6.45) is 8.53. The summed E-state index contributed by atoms with van der Waals surface area (Å²) in [4.78, 5) is 2.52.